The number of rotatable bonds is 5. The molecule has 1 aromatic rings. The zero-order chi connectivity index (χ0) is 12.6. The molecule has 0 spiro atoms. The summed E-state index contributed by atoms with van der Waals surface area (Å²) in [4.78, 5) is 2.55. The van der Waals surface area contributed by atoms with Crippen molar-refractivity contribution < 1.29 is 0 Å². The molecule has 0 amide bonds. The molecule has 1 atom stereocenters. The Hall–Kier alpha value is -1.30. The fraction of sp³-hybridized carbons (Fsp3) is 0.500. The summed E-state index contributed by atoms with van der Waals surface area (Å²) in [5, 5.41) is 3.50. The van der Waals surface area contributed by atoms with Crippen molar-refractivity contribution in [3.8, 4) is 11.8 Å². The molecule has 0 radical (unpaired) electrons. The van der Waals surface area contributed by atoms with Crippen LogP contribution in [0.2, 0.25) is 0 Å². The predicted octanol–water partition coefficient (Wildman–Crippen LogP) is 1.92. The summed E-state index contributed by atoms with van der Waals surface area (Å²) in [6.45, 7) is 6.26. The molecule has 1 fully saturated rings. The van der Waals surface area contributed by atoms with Gasteiger partial charge in [-0.2, -0.15) is 0 Å². The van der Waals surface area contributed by atoms with Crippen LogP contribution in [-0.4, -0.2) is 37.1 Å². The molecule has 1 aliphatic rings. The van der Waals surface area contributed by atoms with Gasteiger partial charge in [-0.25, -0.2) is 0 Å². The molecule has 2 heteroatoms. The molecule has 2 rings (SSSR count). The lowest BCUT2D eigenvalue weighted by atomic mass is 10.1. The fourth-order valence-corrected chi connectivity index (χ4v) is 2.42. The molecular formula is C16H22N2. The van der Waals surface area contributed by atoms with Gasteiger partial charge in [-0.05, 0) is 31.9 Å². The second kappa shape index (κ2) is 7.20. The Bertz CT molecular complexity index is 402. The first kappa shape index (κ1) is 13.1. The van der Waals surface area contributed by atoms with Crippen LogP contribution in [0.15, 0.2) is 30.3 Å². The largest absolute Gasteiger partial charge is 0.302 e. The molecule has 96 valence electrons. The summed E-state index contributed by atoms with van der Waals surface area (Å²) < 4.78 is 0. The number of nitrogens with zero attached hydrogens (tertiary/aromatic N) is 1. The summed E-state index contributed by atoms with van der Waals surface area (Å²) in [5.74, 6) is 5.99. The van der Waals surface area contributed by atoms with Crippen molar-refractivity contribution in [2.75, 3.05) is 26.2 Å². The maximum absolute atomic E-state index is 3.50. The number of benzene rings is 1. The third kappa shape index (κ3) is 4.18. The van der Waals surface area contributed by atoms with E-state index in [9.17, 15) is 0 Å². The monoisotopic (exact) mass is 242 g/mol. The minimum atomic E-state index is 0.627. The van der Waals surface area contributed by atoms with E-state index in [1.165, 1.54) is 25.1 Å². The maximum Gasteiger partial charge on any atom is 0.0578 e. The van der Waals surface area contributed by atoms with Gasteiger partial charge in [-0.1, -0.05) is 36.3 Å². The van der Waals surface area contributed by atoms with E-state index in [0.717, 1.165) is 19.5 Å². The topological polar surface area (TPSA) is 15.3 Å². The van der Waals surface area contributed by atoms with Crippen LogP contribution < -0.4 is 5.32 Å². The smallest absolute Gasteiger partial charge is 0.0578 e. The van der Waals surface area contributed by atoms with Gasteiger partial charge in [0, 0.05) is 19.1 Å². The van der Waals surface area contributed by atoms with Crippen LogP contribution in [0.1, 0.15) is 18.9 Å². The molecule has 2 nitrogen and oxygen atoms in total. The molecule has 1 aliphatic heterocycles. The zero-order valence-electron chi connectivity index (χ0n) is 11.2. The van der Waals surface area contributed by atoms with E-state index >= 15 is 0 Å². The van der Waals surface area contributed by atoms with Gasteiger partial charge in [0.2, 0.25) is 0 Å². The third-order valence-corrected chi connectivity index (χ3v) is 3.49. The first-order valence-electron chi connectivity index (χ1n) is 6.78. The van der Waals surface area contributed by atoms with Gasteiger partial charge < -0.3 is 10.2 Å². The van der Waals surface area contributed by atoms with E-state index < -0.39 is 0 Å². The first-order valence-corrected chi connectivity index (χ1v) is 6.78. The Morgan fingerprint density at radius 1 is 1.33 bits per heavy atom. The van der Waals surface area contributed by atoms with E-state index in [-0.39, 0.29) is 0 Å². The van der Waals surface area contributed by atoms with Gasteiger partial charge >= 0.3 is 0 Å². The van der Waals surface area contributed by atoms with Gasteiger partial charge in [0.05, 0.1) is 6.54 Å². The quantitative estimate of drug-likeness (QED) is 0.794. The van der Waals surface area contributed by atoms with Crippen molar-refractivity contribution in [2.45, 2.75) is 25.8 Å². The Labute approximate surface area is 110 Å². The van der Waals surface area contributed by atoms with Crippen LogP contribution in [0, 0.1) is 11.8 Å². The highest BCUT2D eigenvalue weighted by Gasteiger charge is 2.20. The molecule has 0 aliphatic carbocycles. The van der Waals surface area contributed by atoms with Crippen LogP contribution in [-0.2, 0) is 6.42 Å². The zero-order valence-corrected chi connectivity index (χ0v) is 11.2. The fourth-order valence-electron chi connectivity index (χ4n) is 2.42. The molecule has 1 heterocycles. The van der Waals surface area contributed by atoms with E-state index in [2.05, 4.69) is 52.4 Å². The lowest BCUT2D eigenvalue weighted by Gasteiger charge is -2.16. The maximum atomic E-state index is 3.50. The highest BCUT2D eigenvalue weighted by Crippen LogP contribution is 2.10. The Morgan fingerprint density at radius 2 is 2.17 bits per heavy atom. The Morgan fingerprint density at radius 3 is 2.94 bits per heavy atom. The molecular weight excluding hydrogens is 220 g/mol. The summed E-state index contributed by atoms with van der Waals surface area (Å²) in [6.07, 6.45) is 2.41. The molecule has 0 saturated carbocycles. The van der Waals surface area contributed by atoms with Crippen molar-refractivity contribution in [2.24, 2.45) is 0 Å². The second-order valence-electron chi connectivity index (χ2n) is 4.83. The van der Waals surface area contributed by atoms with Gasteiger partial charge in [0.1, 0.15) is 0 Å². The highest BCUT2D eigenvalue weighted by molar-refractivity contribution is 5.14. The average Bonchev–Trinajstić information content (AvgIpc) is 2.86. The SMILES string of the molecule is CC#CCNC1CCN(CCc2ccccc2)C1. The normalized spacial score (nSPS) is 19.5. The molecule has 1 aromatic carbocycles. The van der Waals surface area contributed by atoms with Crippen molar-refractivity contribution in [3.63, 3.8) is 0 Å². The average molecular weight is 242 g/mol. The summed E-state index contributed by atoms with van der Waals surface area (Å²) in [5.41, 5.74) is 1.44. The van der Waals surface area contributed by atoms with E-state index in [4.69, 9.17) is 0 Å². The second-order valence-corrected chi connectivity index (χ2v) is 4.83. The molecule has 1 unspecified atom stereocenters. The van der Waals surface area contributed by atoms with Crippen LogP contribution in [0.3, 0.4) is 0 Å². The van der Waals surface area contributed by atoms with E-state index in [1.807, 2.05) is 6.92 Å². The lowest BCUT2D eigenvalue weighted by Crippen LogP contribution is -2.33. The van der Waals surface area contributed by atoms with Gasteiger partial charge in [0.15, 0.2) is 0 Å². The van der Waals surface area contributed by atoms with Crippen molar-refractivity contribution >= 4 is 0 Å². The number of hydrogen-bond acceptors (Lipinski definition) is 2. The molecule has 1 N–H and O–H groups in total. The standard InChI is InChI=1S/C16H22N2/c1-2-3-11-17-16-10-13-18(14-16)12-9-15-7-5-4-6-8-15/h4-8,16-17H,9-14H2,1H3. The van der Waals surface area contributed by atoms with Crippen molar-refractivity contribution in [3.05, 3.63) is 35.9 Å². The molecule has 0 bridgehead atoms. The Balaban J connectivity index is 1.68. The first-order chi connectivity index (χ1) is 8.88. The number of nitrogens with one attached hydrogen (secondary N) is 1. The molecule has 0 aromatic heterocycles. The van der Waals surface area contributed by atoms with Crippen molar-refractivity contribution in [1.29, 1.82) is 0 Å². The predicted molar refractivity (Wildman–Crippen MR) is 76.4 cm³/mol. The number of hydrogen-bond donors (Lipinski definition) is 1. The van der Waals surface area contributed by atoms with Crippen molar-refractivity contribution in [1.82, 2.24) is 10.2 Å². The van der Waals surface area contributed by atoms with E-state index in [1.54, 1.807) is 0 Å². The van der Waals surface area contributed by atoms with Crippen LogP contribution >= 0.6 is 0 Å². The lowest BCUT2D eigenvalue weighted by molar-refractivity contribution is 0.333. The summed E-state index contributed by atoms with van der Waals surface area (Å²) in [7, 11) is 0. The van der Waals surface area contributed by atoms with Crippen LogP contribution in [0.4, 0.5) is 0 Å². The minimum Gasteiger partial charge on any atom is -0.302 e. The summed E-state index contributed by atoms with van der Waals surface area (Å²) in [6, 6.07) is 11.4. The molecule has 18 heavy (non-hydrogen) atoms. The third-order valence-electron chi connectivity index (χ3n) is 3.49. The van der Waals surface area contributed by atoms with Gasteiger partial charge in [-0.3, -0.25) is 0 Å². The minimum absolute atomic E-state index is 0.627. The number of likely N-dealkylation sites (tertiary alicyclic amines) is 1. The molecule has 1 saturated heterocycles. The highest BCUT2D eigenvalue weighted by atomic mass is 15.2. The van der Waals surface area contributed by atoms with Gasteiger partial charge in [-0.15, -0.1) is 5.92 Å². The van der Waals surface area contributed by atoms with E-state index in [0.29, 0.717) is 6.04 Å². The Kier molecular flexibility index (Phi) is 5.26. The van der Waals surface area contributed by atoms with Crippen LogP contribution in [0.25, 0.3) is 0 Å². The van der Waals surface area contributed by atoms with Crippen LogP contribution in [0.5, 0.6) is 0 Å². The van der Waals surface area contributed by atoms with Gasteiger partial charge in [0.25, 0.3) is 0 Å². The summed E-state index contributed by atoms with van der Waals surface area (Å²) >= 11 is 0.